The number of hydrogen-bond donors (Lipinski definition) is 4. The molecule has 4 rings (SSSR count). The second kappa shape index (κ2) is 6.48. The van der Waals surface area contributed by atoms with E-state index in [0.29, 0.717) is 11.4 Å². The SMILES string of the molecule is Cc1n[nH]cc1-c1cnc(N)nc1-c1n[nH]c2cc(C#CC(C)(C)O)ccc12. The fraction of sp³-hybridized carbons (Fsp3) is 0.200. The summed E-state index contributed by atoms with van der Waals surface area (Å²) in [4.78, 5) is 8.57. The molecule has 1 aromatic carbocycles. The molecule has 0 atom stereocenters. The van der Waals surface area contributed by atoms with E-state index in [0.717, 1.165) is 33.3 Å². The molecule has 0 spiro atoms. The first-order valence-corrected chi connectivity index (χ1v) is 8.69. The van der Waals surface area contributed by atoms with Crippen LogP contribution in [0.4, 0.5) is 5.95 Å². The molecule has 0 aliphatic carbocycles. The number of aromatic amines is 2. The summed E-state index contributed by atoms with van der Waals surface area (Å²) in [5.41, 5.74) is 10.2. The van der Waals surface area contributed by atoms with Gasteiger partial charge in [-0.1, -0.05) is 11.8 Å². The molecule has 3 heterocycles. The van der Waals surface area contributed by atoms with Crippen LogP contribution >= 0.6 is 0 Å². The molecule has 28 heavy (non-hydrogen) atoms. The lowest BCUT2D eigenvalue weighted by atomic mass is 10.0. The minimum absolute atomic E-state index is 0.170. The summed E-state index contributed by atoms with van der Waals surface area (Å²) < 4.78 is 0. The summed E-state index contributed by atoms with van der Waals surface area (Å²) in [5.74, 6) is 5.95. The number of nitrogens with zero attached hydrogens (tertiary/aromatic N) is 4. The minimum Gasteiger partial charge on any atom is -0.378 e. The second-order valence-corrected chi connectivity index (χ2v) is 7.02. The van der Waals surface area contributed by atoms with E-state index in [2.05, 4.69) is 42.2 Å². The van der Waals surface area contributed by atoms with Gasteiger partial charge in [0.25, 0.3) is 0 Å². The van der Waals surface area contributed by atoms with Gasteiger partial charge in [0.15, 0.2) is 0 Å². The lowest BCUT2D eigenvalue weighted by molar-refractivity contribution is 0.143. The van der Waals surface area contributed by atoms with Crippen LogP contribution in [-0.2, 0) is 0 Å². The lowest BCUT2D eigenvalue weighted by Crippen LogP contribution is -2.14. The zero-order valence-corrected chi connectivity index (χ0v) is 15.7. The summed E-state index contributed by atoms with van der Waals surface area (Å²) in [7, 11) is 0. The van der Waals surface area contributed by atoms with Crippen LogP contribution in [0.15, 0.2) is 30.6 Å². The topological polar surface area (TPSA) is 129 Å². The molecule has 0 bridgehead atoms. The van der Waals surface area contributed by atoms with Crippen LogP contribution in [0.1, 0.15) is 25.1 Å². The van der Waals surface area contributed by atoms with Gasteiger partial charge in [0.05, 0.1) is 11.2 Å². The molecule has 0 saturated heterocycles. The number of aryl methyl sites for hydroxylation is 1. The molecule has 4 aromatic rings. The van der Waals surface area contributed by atoms with E-state index in [-0.39, 0.29) is 5.95 Å². The standard InChI is InChI=1S/C20H19N7O/c1-11-14(10-23-25-11)15-9-22-19(21)24-17(15)18-13-5-4-12(6-7-20(2,3)28)8-16(13)26-27-18/h4-5,8-10,28H,1-3H3,(H,23,25)(H,26,27)(H2,21,22,24). The predicted molar refractivity (Wildman–Crippen MR) is 107 cm³/mol. The van der Waals surface area contributed by atoms with Gasteiger partial charge in [-0.15, -0.1) is 0 Å². The molecule has 0 aliphatic rings. The fourth-order valence-electron chi connectivity index (χ4n) is 2.91. The van der Waals surface area contributed by atoms with Gasteiger partial charge in [0.2, 0.25) is 5.95 Å². The molecule has 0 saturated carbocycles. The van der Waals surface area contributed by atoms with Crippen molar-refractivity contribution in [1.29, 1.82) is 0 Å². The maximum absolute atomic E-state index is 9.79. The summed E-state index contributed by atoms with van der Waals surface area (Å²) in [6.45, 7) is 5.19. The average Bonchev–Trinajstić information content (AvgIpc) is 3.25. The van der Waals surface area contributed by atoms with Gasteiger partial charge < -0.3 is 10.8 Å². The Morgan fingerprint density at radius 2 is 1.96 bits per heavy atom. The molecule has 0 radical (unpaired) electrons. The fourth-order valence-corrected chi connectivity index (χ4v) is 2.91. The van der Waals surface area contributed by atoms with Crippen molar-refractivity contribution in [2.24, 2.45) is 0 Å². The Kier molecular flexibility index (Phi) is 4.09. The van der Waals surface area contributed by atoms with Crippen LogP contribution < -0.4 is 5.73 Å². The number of nitrogen functional groups attached to an aromatic ring is 1. The normalized spacial score (nSPS) is 11.4. The summed E-state index contributed by atoms with van der Waals surface area (Å²) in [5, 5.41) is 25.2. The summed E-state index contributed by atoms with van der Waals surface area (Å²) in [6, 6.07) is 5.69. The van der Waals surface area contributed by atoms with E-state index in [1.165, 1.54) is 0 Å². The van der Waals surface area contributed by atoms with Gasteiger partial charge in [-0.3, -0.25) is 10.2 Å². The molecule has 0 unspecified atom stereocenters. The number of nitrogens with one attached hydrogen (secondary N) is 2. The minimum atomic E-state index is -1.05. The van der Waals surface area contributed by atoms with Crippen molar-refractivity contribution >= 4 is 16.9 Å². The third-order valence-corrected chi connectivity index (χ3v) is 4.23. The van der Waals surface area contributed by atoms with Crippen molar-refractivity contribution in [3.05, 3.63) is 41.9 Å². The summed E-state index contributed by atoms with van der Waals surface area (Å²) in [6.07, 6.45) is 3.48. The largest absolute Gasteiger partial charge is 0.378 e. The highest BCUT2D eigenvalue weighted by Crippen LogP contribution is 2.34. The smallest absolute Gasteiger partial charge is 0.220 e. The molecule has 0 aliphatic heterocycles. The molecular formula is C20H19N7O. The number of H-pyrrole nitrogens is 2. The van der Waals surface area contributed by atoms with E-state index in [4.69, 9.17) is 5.73 Å². The molecule has 8 nitrogen and oxygen atoms in total. The molecule has 3 aromatic heterocycles. The van der Waals surface area contributed by atoms with Crippen molar-refractivity contribution in [2.75, 3.05) is 5.73 Å². The second-order valence-electron chi connectivity index (χ2n) is 7.02. The van der Waals surface area contributed by atoms with Gasteiger partial charge in [-0.2, -0.15) is 10.2 Å². The molecule has 8 heteroatoms. The Labute approximate surface area is 161 Å². The maximum Gasteiger partial charge on any atom is 0.220 e. The zero-order chi connectivity index (χ0) is 19.9. The van der Waals surface area contributed by atoms with Gasteiger partial charge in [-0.05, 0) is 39.0 Å². The Balaban J connectivity index is 1.86. The first-order valence-electron chi connectivity index (χ1n) is 8.69. The summed E-state index contributed by atoms with van der Waals surface area (Å²) >= 11 is 0. The van der Waals surface area contributed by atoms with Crippen LogP contribution in [0.3, 0.4) is 0 Å². The third-order valence-electron chi connectivity index (χ3n) is 4.23. The van der Waals surface area contributed by atoms with Gasteiger partial charge in [-0.25, -0.2) is 9.97 Å². The van der Waals surface area contributed by atoms with Crippen LogP contribution in [-0.4, -0.2) is 41.1 Å². The van der Waals surface area contributed by atoms with Crippen LogP contribution in [0, 0.1) is 18.8 Å². The van der Waals surface area contributed by atoms with Gasteiger partial charge in [0, 0.05) is 34.5 Å². The number of aromatic nitrogens is 6. The number of aliphatic hydroxyl groups is 1. The number of nitrogens with two attached hydrogens (primary N) is 1. The van der Waals surface area contributed by atoms with E-state index in [9.17, 15) is 5.11 Å². The first kappa shape index (κ1) is 17.7. The number of hydrogen-bond acceptors (Lipinski definition) is 6. The van der Waals surface area contributed by atoms with E-state index >= 15 is 0 Å². The zero-order valence-electron chi connectivity index (χ0n) is 15.7. The third kappa shape index (κ3) is 3.31. The average molecular weight is 373 g/mol. The molecule has 0 amide bonds. The molecule has 5 N–H and O–H groups in total. The Bertz CT molecular complexity index is 1230. The number of anilines is 1. The molecular weight excluding hydrogens is 354 g/mol. The monoisotopic (exact) mass is 373 g/mol. The van der Waals surface area contributed by atoms with Crippen molar-refractivity contribution in [1.82, 2.24) is 30.4 Å². The van der Waals surface area contributed by atoms with Crippen molar-refractivity contribution < 1.29 is 5.11 Å². The maximum atomic E-state index is 9.79. The molecule has 140 valence electrons. The highest BCUT2D eigenvalue weighted by atomic mass is 16.3. The van der Waals surface area contributed by atoms with Crippen molar-refractivity contribution in [3.8, 4) is 34.4 Å². The predicted octanol–water partition coefficient (Wildman–Crippen LogP) is 2.42. The lowest BCUT2D eigenvalue weighted by Gasteiger charge is -2.07. The Hall–Kier alpha value is -3.70. The Morgan fingerprint density at radius 3 is 2.68 bits per heavy atom. The van der Waals surface area contributed by atoms with E-state index in [1.54, 1.807) is 26.2 Å². The molecule has 0 fully saturated rings. The first-order chi connectivity index (χ1) is 13.3. The van der Waals surface area contributed by atoms with Crippen molar-refractivity contribution in [2.45, 2.75) is 26.4 Å². The number of rotatable bonds is 2. The van der Waals surface area contributed by atoms with Gasteiger partial charge >= 0.3 is 0 Å². The van der Waals surface area contributed by atoms with E-state index < -0.39 is 5.60 Å². The highest BCUT2D eigenvalue weighted by Gasteiger charge is 2.18. The van der Waals surface area contributed by atoms with Gasteiger partial charge in [0.1, 0.15) is 17.0 Å². The van der Waals surface area contributed by atoms with Crippen molar-refractivity contribution in [3.63, 3.8) is 0 Å². The highest BCUT2D eigenvalue weighted by molar-refractivity contribution is 5.96. The number of fused-ring (bicyclic) bond motifs is 1. The van der Waals surface area contributed by atoms with Crippen LogP contribution in [0.25, 0.3) is 33.4 Å². The number of benzene rings is 1. The Morgan fingerprint density at radius 1 is 1.14 bits per heavy atom. The van der Waals surface area contributed by atoms with E-state index in [1.807, 2.05) is 25.1 Å². The van der Waals surface area contributed by atoms with Crippen LogP contribution in [0.2, 0.25) is 0 Å². The van der Waals surface area contributed by atoms with Crippen LogP contribution in [0.5, 0.6) is 0 Å². The quantitative estimate of drug-likeness (QED) is 0.399.